The van der Waals surface area contributed by atoms with Crippen molar-refractivity contribution in [1.29, 1.82) is 0 Å². The van der Waals surface area contributed by atoms with Crippen molar-refractivity contribution in [2.45, 2.75) is 18.9 Å². The lowest BCUT2D eigenvalue weighted by molar-refractivity contribution is 0.571. The highest BCUT2D eigenvalue weighted by atomic mass is 79.9. The smallest absolute Gasteiger partial charge is 0.152 e. The van der Waals surface area contributed by atoms with Crippen molar-refractivity contribution < 1.29 is 8.42 Å². The van der Waals surface area contributed by atoms with Crippen LogP contribution in [0.3, 0.4) is 0 Å². The zero-order chi connectivity index (χ0) is 12.7. The third-order valence-electron chi connectivity index (χ3n) is 2.73. The summed E-state index contributed by atoms with van der Waals surface area (Å²) in [4.78, 5) is 4.23. The number of anilines is 1. The maximum atomic E-state index is 11.5. The Morgan fingerprint density at radius 1 is 1.47 bits per heavy atom. The Bertz CT molecular complexity index is 547. The van der Waals surface area contributed by atoms with Crippen LogP contribution in [0.5, 0.6) is 0 Å². The van der Waals surface area contributed by atoms with Gasteiger partial charge in [-0.3, -0.25) is 0 Å². The van der Waals surface area contributed by atoms with E-state index in [-0.39, 0.29) is 11.5 Å². The summed E-state index contributed by atoms with van der Waals surface area (Å²) >= 11 is 6.73. The molecule has 1 unspecified atom stereocenters. The molecule has 1 fully saturated rings. The summed E-state index contributed by atoms with van der Waals surface area (Å²) in [6.45, 7) is 1.91. The van der Waals surface area contributed by atoms with Crippen LogP contribution in [0.2, 0.25) is 0 Å². The van der Waals surface area contributed by atoms with E-state index in [0.29, 0.717) is 12.2 Å². The van der Waals surface area contributed by atoms with Crippen LogP contribution in [0.4, 0.5) is 5.82 Å². The van der Waals surface area contributed by atoms with E-state index in [1.807, 2.05) is 13.0 Å². The van der Waals surface area contributed by atoms with Crippen LogP contribution in [-0.4, -0.2) is 30.4 Å². The minimum absolute atomic E-state index is 0.157. The summed E-state index contributed by atoms with van der Waals surface area (Å²) in [6.07, 6.45) is 2.29. The fourth-order valence-electron chi connectivity index (χ4n) is 1.90. The minimum atomic E-state index is -2.91. The maximum absolute atomic E-state index is 11.5. The van der Waals surface area contributed by atoms with Crippen LogP contribution in [-0.2, 0) is 9.84 Å². The summed E-state index contributed by atoms with van der Waals surface area (Å²) in [5.41, 5.74) is -0.428. The molecule has 1 saturated heterocycles. The molecule has 2 rings (SSSR count). The van der Waals surface area contributed by atoms with Crippen molar-refractivity contribution in [3.8, 4) is 0 Å². The summed E-state index contributed by atoms with van der Waals surface area (Å²) in [6, 6.07) is 1.88. The van der Waals surface area contributed by atoms with Gasteiger partial charge in [0, 0.05) is 10.7 Å². The lowest BCUT2D eigenvalue weighted by Gasteiger charge is -2.25. The molecule has 0 amide bonds. The molecule has 0 aromatic carbocycles. The number of halogens is 2. The molecule has 1 N–H and O–H groups in total. The van der Waals surface area contributed by atoms with Crippen LogP contribution in [0.15, 0.2) is 21.2 Å². The summed E-state index contributed by atoms with van der Waals surface area (Å²) in [7, 11) is -2.91. The predicted molar refractivity (Wildman–Crippen MR) is 74.9 cm³/mol. The summed E-state index contributed by atoms with van der Waals surface area (Å²) in [5.74, 6) is 1.07. The highest BCUT2D eigenvalue weighted by Crippen LogP contribution is 2.31. The quantitative estimate of drug-likeness (QED) is 0.852. The fourth-order valence-corrected chi connectivity index (χ4v) is 5.08. The van der Waals surface area contributed by atoms with Crippen molar-refractivity contribution in [2.24, 2.45) is 0 Å². The van der Waals surface area contributed by atoms with Gasteiger partial charge in [-0.1, -0.05) is 0 Å². The van der Waals surface area contributed by atoms with Crippen molar-refractivity contribution in [2.75, 3.05) is 16.8 Å². The molecule has 1 aromatic rings. The molecule has 7 heteroatoms. The van der Waals surface area contributed by atoms with Gasteiger partial charge in [-0.15, -0.1) is 0 Å². The van der Waals surface area contributed by atoms with Gasteiger partial charge in [-0.25, -0.2) is 13.4 Å². The second-order valence-corrected chi connectivity index (χ2v) is 8.47. The molecule has 17 heavy (non-hydrogen) atoms. The Kier molecular flexibility index (Phi) is 3.53. The van der Waals surface area contributed by atoms with Crippen LogP contribution >= 0.6 is 31.9 Å². The van der Waals surface area contributed by atoms with Crippen LogP contribution in [0.1, 0.15) is 13.3 Å². The largest absolute Gasteiger partial charge is 0.363 e. The number of pyridine rings is 1. The molecule has 1 aromatic heterocycles. The molecule has 2 heterocycles. The number of nitrogens with one attached hydrogen (secondary N) is 1. The molecule has 94 valence electrons. The van der Waals surface area contributed by atoms with E-state index in [2.05, 4.69) is 42.2 Å². The number of hydrogen-bond acceptors (Lipinski definition) is 4. The minimum Gasteiger partial charge on any atom is -0.363 e. The standard InChI is InChI=1S/C10H12Br2N2O2S/c1-10(2-3-17(15,16)6-10)14-9-8(12)4-7(11)5-13-9/h4-5H,2-3,6H2,1H3,(H,13,14). The van der Waals surface area contributed by atoms with Gasteiger partial charge in [0.25, 0.3) is 0 Å². The van der Waals surface area contributed by atoms with Crippen molar-refractivity contribution >= 4 is 47.5 Å². The Morgan fingerprint density at radius 2 is 2.18 bits per heavy atom. The fraction of sp³-hybridized carbons (Fsp3) is 0.500. The predicted octanol–water partition coefficient (Wildman–Crippen LogP) is 2.60. The van der Waals surface area contributed by atoms with E-state index < -0.39 is 15.4 Å². The van der Waals surface area contributed by atoms with E-state index >= 15 is 0 Å². The molecule has 0 saturated carbocycles. The molecular weight excluding hydrogens is 372 g/mol. The number of aromatic nitrogens is 1. The summed E-state index contributed by atoms with van der Waals surface area (Å²) in [5, 5.41) is 3.21. The second-order valence-electron chi connectivity index (χ2n) is 4.51. The van der Waals surface area contributed by atoms with Gasteiger partial charge in [-0.2, -0.15) is 0 Å². The first kappa shape index (κ1) is 13.3. The molecule has 4 nitrogen and oxygen atoms in total. The molecule has 1 aliphatic heterocycles. The number of hydrogen-bond donors (Lipinski definition) is 1. The lowest BCUT2D eigenvalue weighted by Crippen LogP contribution is -2.36. The molecular formula is C10H12Br2N2O2S. The van der Waals surface area contributed by atoms with Crippen LogP contribution in [0.25, 0.3) is 0 Å². The second kappa shape index (κ2) is 4.51. The molecule has 0 bridgehead atoms. The van der Waals surface area contributed by atoms with E-state index in [0.717, 1.165) is 8.95 Å². The number of nitrogens with zero attached hydrogens (tertiary/aromatic N) is 1. The Morgan fingerprint density at radius 3 is 2.71 bits per heavy atom. The van der Waals surface area contributed by atoms with E-state index in [1.165, 1.54) is 0 Å². The van der Waals surface area contributed by atoms with Crippen molar-refractivity contribution in [1.82, 2.24) is 4.98 Å². The first-order valence-corrected chi connectivity index (χ1v) is 8.50. The van der Waals surface area contributed by atoms with Crippen LogP contribution < -0.4 is 5.32 Å². The van der Waals surface area contributed by atoms with E-state index in [4.69, 9.17) is 0 Å². The summed E-state index contributed by atoms with van der Waals surface area (Å²) < 4.78 is 24.7. The first-order chi connectivity index (χ1) is 7.80. The van der Waals surface area contributed by atoms with Crippen LogP contribution in [0, 0.1) is 0 Å². The Hall–Kier alpha value is -0.140. The average molecular weight is 384 g/mol. The average Bonchev–Trinajstić information content (AvgIpc) is 2.46. The van der Waals surface area contributed by atoms with Gasteiger partial charge in [-0.05, 0) is 51.3 Å². The maximum Gasteiger partial charge on any atom is 0.152 e. The van der Waals surface area contributed by atoms with Gasteiger partial charge >= 0.3 is 0 Å². The van der Waals surface area contributed by atoms with Gasteiger partial charge in [0.1, 0.15) is 5.82 Å². The molecule has 1 atom stereocenters. The first-order valence-electron chi connectivity index (χ1n) is 5.09. The lowest BCUT2D eigenvalue weighted by atomic mass is 10.0. The monoisotopic (exact) mass is 382 g/mol. The number of sulfone groups is 1. The SMILES string of the molecule is CC1(Nc2ncc(Br)cc2Br)CCS(=O)(=O)C1. The van der Waals surface area contributed by atoms with Gasteiger partial charge in [0.2, 0.25) is 0 Å². The molecule has 1 aliphatic rings. The van der Waals surface area contributed by atoms with Gasteiger partial charge < -0.3 is 5.32 Å². The highest BCUT2D eigenvalue weighted by molar-refractivity contribution is 9.11. The normalized spacial score (nSPS) is 27.0. The zero-order valence-corrected chi connectivity index (χ0v) is 13.2. The topological polar surface area (TPSA) is 59.1 Å². The third-order valence-corrected chi connectivity index (χ3v) is 5.67. The van der Waals surface area contributed by atoms with E-state index in [1.54, 1.807) is 6.20 Å². The molecule has 0 aliphatic carbocycles. The number of rotatable bonds is 2. The Balaban J connectivity index is 2.22. The van der Waals surface area contributed by atoms with Gasteiger partial charge in [0.05, 0.1) is 21.5 Å². The highest BCUT2D eigenvalue weighted by Gasteiger charge is 2.38. The Labute approximate surface area is 117 Å². The zero-order valence-electron chi connectivity index (χ0n) is 9.20. The van der Waals surface area contributed by atoms with E-state index in [9.17, 15) is 8.42 Å². The molecule has 0 radical (unpaired) electrons. The van der Waals surface area contributed by atoms with Crippen molar-refractivity contribution in [3.05, 3.63) is 21.2 Å². The molecule has 0 spiro atoms. The van der Waals surface area contributed by atoms with Crippen molar-refractivity contribution in [3.63, 3.8) is 0 Å². The van der Waals surface area contributed by atoms with Gasteiger partial charge in [0.15, 0.2) is 9.84 Å². The third kappa shape index (κ3) is 3.20.